The van der Waals surface area contributed by atoms with Gasteiger partial charge < -0.3 is 10.1 Å². The Hall–Kier alpha value is -2.56. The fourth-order valence-electron chi connectivity index (χ4n) is 2.32. The quantitative estimate of drug-likeness (QED) is 0.649. The number of imide groups is 1. The minimum atomic E-state index is -4.51. The predicted molar refractivity (Wildman–Crippen MR) is 89.9 cm³/mol. The third kappa shape index (κ3) is 4.13. The van der Waals surface area contributed by atoms with Crippen LogP contribution >= 0.6 is 23.2 Å². The van der Waals surface area contributed by atoms with Crippen molar-refractivity contribution in [2.24, 2.45) is 0 Å². The monoisotopic (exact) mass is 438 g/mol. The molecule has 0 unspecified atom stereocenters. The highest BCUT2D eigenvalue weighted by atomic mass is 35.5. The number of fused-ring (bicyclic) bond motifs is 1. The summed E-state index contributed by atoms with van der Waals surface area (Å²) in [5.74, 6) is -1.77. The van der Waals surface area contributed by atoms with E-state index in [2.05, 4.69) is 14.8 Å². The Morgan fingerprint density at radius 2 is 1.64 bits per heavy atom. The highest BCUT2D eigenvalue weighted by Crippen LogP contribution is 2.46. The average Bonchev–Trinajstić information content (AvgIpc) is 2.53. The number of amides is 3. The van der Waals surface area contributed by atoms with Crippen molar-refractivity contribution in [2.45, 2.75) is 12.4 Å². The van der Waals surface area contributed by atoms with Gasteiger partial charge in [-0.3, -0.25) is 10.1 Å². The first-order valence-electron chi connectivity index (χ1n) is 7.34. The number of ether oxygens (including phenoxy) is 2. The van der Waals surface area contributed by atoms with Crippen LogP contribution in [-0.2, 0) is 10.8 Å². The maximum Gasteiger partial charge on any atom is 0.540 e. The Morgan fingerprint density at radius 3 is 2.29 bits per heavy atom. The molecule has 0 atom stereocenters. The van der Waals surface area contributed by atoms with Gasteiger partial charge in [0.05, 0.1) is 21.2 Å². The summed E-state index contributed by atoms with van der Waals surface area (Å²) < 4.78 is 60.8. The molecule has 2 aromatic carbocycles. The van der Waals surface area contributed by atoms with E-state index < -0.39 is 35.7 Å². The van der Waals surface area contributed by atoms with Crippen molar-refractivity contribution < 1.29 is 36.6 Å². The van der Waals surface area contributed by atoms with E-state index in [0.29, 0.717) is 6.07 Å². The van der Waals surface area contributed by atoms with Crippen molar-refractivity contribution in [2.75, 3.05) is 5.32 Å². The molecule has 148 valence electrons. The van der Waals surface area contributed by atoms with Crippen molar-refractivity contribution >= 4 is 40.8 Å². The number of alkyl halides is 4. The number of halogens is 6. The second-order valence-corrected chi connectivity index (χ2v) is 6.21. The van der Waals surface area contributed by atoms with Crippen LogP contribution in [0.4, 0.5) is 28.0 Å². The standard InChI is InChI=1S/C16H8Cl2F4N2O4/c17-9-2-1-3-10(18)12(9)13(25)24-14(26)23-7-4-5-11-8(6-7)15(19,20)28-16(21,22)27-11/h1-6H,(H2,23,24,25,26). The summed E-state index contributed by atoms with van der Waals surface area (Å²) in [7, 11) is 0. The lowest BCUT2D eigenvalue weighted by atomic mass is 10.1. The number of nitrogens with one attached hydrogen (secondary N) is 2. The number of urea groups is 1. The summed E-state index contributed by atoms with van der Waals surface area (Å²) in [6, 6.07) is 5.61. The molecular weight excluding hydrogens is 431 g/mol. The van der Waals surface area contributed by atoms with Gasteiger partial charge in [-0.15, -0.1) is 8.78 Å². The Kier molecular flexibility index (Phi) is 5.13. The molecule has 1 heterocycles. The van der Waals surface area contributed by atoms with E-state index in [0.717, 1.165) is 12.1 Å². The lowest BCUT2D eigenvalue weighted by Gasteiger charge is -2.30. The molecule has 0 aliphatic carbocycles. The summed E-state index contributed by atoms with van der Waals surface area (Å²) in [5, 5.41) is 3.99. The van der Waals surface area contributed by atoms with E-state index in [-0.39, 0.29) is 21.3 Å². The number of carbonyl (C=O) groups excluding carboxylic acids is 2. The van der Waals surface area contributed by atoms with E-state index in [9.17, 15) is 27.2 Å². The van der Waals surface area contributed by atoms with Gasteiger partial charge in [0.15, 0.2) is 0 Å². The summed E-state index contributed by atoms with van der Waals surface area (Å²) in [5.41, 5.74) is -1.44. The lowest BCUT2D eigenvalue weighted by molar-refractivity contribution is -0.461. The van der Waals surface area contributed by atoms with Gasteiger partial charge in [-0.2, -0.15) is 8.78 Å². The van der Waals surface area contributed by atoms with Crippen molar-refractivity contribution in [3.63, 3.8) is 0 Å². The van der Waals surface area contributed by atoms with Gasteiger partial charge in [-0.05, 0) is 30.3 Å². The molecule has 0 fully saturated rings. The fraction of sp³-hybridized carbons (Fsp3) is 0.125. The minimum absolute atomic E-state index is 0.0125. The van der Waals surface area contributed by atoms with Crippen LogP contribution in [0.3, 0.4) is 0 Å². The molecule has 2 N–H and O–H groups in total. The first-order valence-corrected chi connectivity index (χ1v) is 8.10. The van der Waals surface area contributed by atoms with Gasteiger partial charge in [-0.1, -0.05) is 29.3 Å². The molecule has 28 heavy (non-hydrogen) atoms. The maximum atomic E-state index is 13.7. The van der Waals surface area contributed by atoms with E-state index in [1.807, 2.05) is 5.32 Å². The zero-order valence-corrected chi connectivity index (χ0v) is 14.9. The number of benzene rings is 2. The van der Waals surface area contributed by atoms with E-state index in [4.69, 9.17) is 23.2 Å². The molecule has 0 saturated heterocycles. The second-order valence-electron chi connectivity index (χ2n) is 5.40. The van der Waals surface area contributed by atoms with E-state index in [1.165, 1.54) is 18.2 Å². The van der Waals surface area contributed by atoms with Gasteiger partial charge in [0.1, 0.15) is 5.75 Å². The van der Waals surface area contributed by atoms with Crippen LogP contribution in [0.25, 0.3) is 0 Å². The summed E-state index contributed by atoms with van der Waals surface area (Å²) in [4.78, 5) is 24.1. The van der Waals surface area contributed by atoms with E-state index >= 15 is 0 Å². The van der Waals surface area contributed by atoms with Crippen molar-refractivity contribution in [1.29, 1.82) is 0 Å². The molecule has 3 amide bonds. The zero-order chi connectivity index (χ0) is 20.7. The Labute approximate surface area is 164 Å². The van der Waals surface area contributed by atoms with Crippen molar-refractivity contribution in [3.05, 3.63) is 57.6 Å². The van der Waals surface area contributed by atoms with Gasteiger partial charge in [-0.25, -0.2) is 9.53 Å². The van der Waals surface area contributed by atoms with Gasteiger partial charge in [0, 0.05) is 5.69 Å². The Balaban J connectivity index is 1.76. The summed E-state index contributed by atoms with van der Waals surface area (Å²) >= 11 is 11.7. The summed E-state index contributed by atoms with van der Waals surface area (Å²) in [6.07, 6.45) is -8.88. The van der Waals surface area contributed by atoms with Crippen LogP contribution < -0.4 is 15.4 Å². The van der Waals surface area contributed by atoms with Crippen LogP contribution in [0, 0.1) is 0 Å². The number of hydrogen-bond donors (Lipinski definition) is 2. The largest absolute Gasteiger partial charge is 0.540 e. The molecule has 2 aromatic rings. The number of carbonyl (C=O) groups is 2. The Morgan fingerprint density at radius 1 is 1.00 bits per heavy atom. The molecule has 1 aliphatic heterocycles. The molecule has 0 bridgehead atoms. The SMILES string of the molecule is O=C(NC(=O)c1c(Cl)cccc1Cl)Nc1ccc2c(c1)C(F)(F)OC(F)(F)O2. The summed E-state index contributed by atoms with van der Waals surface area (Å²) in [6.45, 7) is 0. The van der Waals surface area contributed by atoms with Crippen molar-refractivity contribution in [3.8, 4) is 5.75 Å². The zero-order valence-electron chi connectivity index (χ0n) is 13.4. The predicted octanol–water partition coefficient (Wildman–Crippen LogP) is 4.96. The first kappa shape index (κ1) is 20.2. The van der Waals surface area contributed by atoms with E-state index in [1.54, 1.807) is 0 Å². The molecular formula is C16H8Cl2F4N2O4. The van der Waals surface area contributed by atoms with Gasteiger partial charge in [0.2, 0.25) is 0 Å². The smallest absolute Gasteiger partial charge is 0.409 e. The molecule has 1 aliphatic rings. The average molecular weight is 439 g/mol. The lowest BCUT2D eigenvalue weighted by Crippen LogP contribution is -2.41. The molecule has 0 spiro atoms. The second kappa shape index (κ2) is 7.12. The van der Waals surface area contributed by atoms with Crippen LogP contribution in [0.1, 0.15) is 15.9 Å². The number of hydrogen-bond acceptors (Lipinski definition) is 4. The van der Waals surface area contributed by atoms with Crippen LogP contribution in [0.5, 0.6) is 5.75 Å². The highest BCUT2D eigenvalue weighted by Gasteiger charge is 2.54. The topological polar surface area (TPSA) is 76.7 Å². The third-order valence-electron chi connectivity index (χ3n) is 3.44. The molecule has 3 rings (SSSR count). The molecule has 0 aromatic heterocycles. The van der Waals surface area contributed by atoms with Crippen LogP contribution in [-0.4, -0.2) is 18.2 Å². The van der Waals surface area contributed by atoms with Crippen LogP contribution in [0.2, 0.25) is 10.0 Å². The molecule has 0 radical (unpaired) electrons. The molecule has 12 heteroatoms. The van der Waals surface area contributed by atoms with Gasteiger partial charge >= 0.3 is 18.4 Å². The fourth-order valence-corrected chi connectivity index (χ4v) is 2.89. The van der Waals surface area contributed by atoms with Crippen molar-refractivity contribution in [1.82, 2.24) is 5.32 Å². The van der Waals surface area contributed by atoms with Crippen LogP contribution in [0.15, 0.2) is 36.4 Å². The Bertz CT molecular complexity index is 951. The highest BCUT2D eigenvalue weighted by molar-refractivity contribution is 6.40. The van der Waals surface area contributed by atoms with Gasteiger partial charge in [0.25, 0.3) is 5.91 Å². The minimum Gasteiger partial charge on any atom is -0.409 e. The number of anilines is 1. The maximum absolute atomic E-state index is 13.7. The number of rotatable bonds is 2. The third-order valence-corrected chi connectivity index (χ3v) is 4.07. The molecule has 6 nitrogen and oxygen atoms in total. The molecule has 0 saturated carbocycles. The first-order chi connectivity index (χ1) is 13.0. The normalized spacial score (nSPS) is 16.5.